The minimum Gasteiger partial charge on any atom is -0.352 e. The minimum absolute atomic E-state index is 0.00306. The predicted molar refractivity (Wildman–Crippen MR) is 77.2 cm³/mol. The molecule has 1 fully saturated rings. The summed E-state index contributed by atoms with van der Waals surface area (Å²) in [7, 11) is 0. The monoisotopic (exact) mass is 259 g/mol. The van der Waals surface area contributed by atoms with E-state index in [0.29, 0.717) is 11.5 Å². The average Bonchev–Trinajstić information content (AvgIpc) is 3.14. The van der Waals surface area contributed by atoms with E-state index < -0.39 is 0 Å². The highest BCUT2D eigenvalue weighted by Gasteiger charge is 2.22. The summed E-state index contributed by atoms with van der Waals surface area (Å²) in [5.74, 6) is 0.701. The van der Waals surface area contributed by atoms with Crippen molar-refractivity contribution in [2.45, 2.75) is 33.6 Å². The fourth-order valence-electron chi connectivity index (χ4n) is 2.02. The largest absolute Gasteiger partial charge is 0.352 e. The number of nitrogens with one attached hydrogen (secondary N) is 2. The van der Waals surface area contributed by atoms with E-state index in [-0.39, 0.29) is 5.91 Å². The Hall–Kier alpha value is -1.84. The molecule has 102 valence electrons. The molecule has 0 unspecified atom stereocenters. The van der Waals surface area contributed by atoms with E-state index in [2.05, 4.69) is 15.5 Å². The molecule has 0 spiro atoms. The van der Waals surface area contributed by atoms with Gasteiger partial charge in [0.25, 0.3) is 5.91 Å². The number of rotatable bonds is 3. The number of carbonyl (C=O) groups is 1. The van der Waals surface area contributed by atoms with E-state index in [4.69, 9.17) is 0 Å². The second kappa shape index (κ2) is 5.87. The molecule has 2 aromatic rings. The van der Waals surface area contributed by atoms with Gasteiger partial charge in [-0.3, -0.25) is 9.89 Å². The van der Waals surface area contributed by atoms with Crippen LogP contribution in [0.1, 0.15) is 42.6 Å². The van der Waals surface area contributed by atoms with Gasteiger partial charge in [0.15, 0.2) is 0 Å². The summed E-state index contributed by atoms with van der Waals surface area (Å²) in [5, 5.41) is 10.8. The van der Waals surface area contributed by atoms with Gasteiger partial charge < -0.3 is 5.32 Å². The molecule has 1 aromatic heterocycles. The van der Waals surface area contributed by atoms with Crippen molar-refractivity contribution < 1.29 is 4.79 Å². The van der Waals surface area contributed by atoms with Gasteiger partial charge in [0.05, 0.1) is 17.3 Å². The number of amides is 1. The van der Waals surface area contributed by atoms with Crippen molar-refractivity contribution in [3.63, 3.8) is 0 Å². The molecule has 0 radical (unpaired) electrons. The molecule has 1 amide bonds. The van der Waals surface area contributed by atoms with E-state index in [9.17, 15) is 4.79 Å². The Morgan fingerprint density at radius 1 is 1.42 bits per heavy atom. The summed E-state index contributed by atoms with van der Waals surface area (Å²) in [6.45, 7) is 6.80. The van der Waals surface area contributed by atoms with Crippen molar-refractivity contribution in [2.24, 2.45) is 5.92 Å². The number of H-pyrrole nitrogens is 1. The average molecular weight is 259 g/mol. The smallest absolute Gasteiger partial charge is 0.252 e. The first kappa shape index (κ1) is 13.6. The van der Waals surface area contributed by atoms with Gasteiger partial charge >= 0.3 is 0 Å². The van der Waals surface area contributed by atoms with E-state index >= 15 is 0 Å². The first-order valence-corrected chi connectivity index (χ1v) is 6.96. The Kier molecular flexibility index (Phi) is 4.20. The zero-order valence-electron chi connectivity index (χ0n) is 11.8. The number of aromatic nitrogens is 2. The molecule has 1 heterocycles. The van der Waals surface area contributed by atoms with E-state index in [0.717, 1.165) is 23.0 Å². The van der Waals surface area contributed by atoms with Crippen LogP contribution in [0.15, 0.2) is 18.3 Å². The second-order valence-corrected chi connectivity index (χ2v) is 4.74. The van der Waals surface area contributed by atoms with Crippen LogP contribution in [0.25, 0.3) is 10.9 Å². The first-order valence-electron chi connectivity index (χ1n) is 6.96. The molecule has 1 aliphatic carbocycles. The number of fused-ring (bicyclic) bond motifs is 1. The quantitative estimate of drug-likeness (QED) is 0.890. The molecule has 0 aliphatic heterocycles. The molecule has 4 nitrogen and oxygen atoms in total. The lowest BCUT2D eigenvalue weighted by Gasteiger charge is -2.06. The number of benzene rings is 1. The third-order valence-electron chi connectivity index (χ3n) is 3.32. The molecule has 4 heteroatoms. The Morgan fingerprint density at radius 2 is 2.16 bits per heavy atom. The number of nitrogens with zero attached hydrogens (tertiary/aromatic N) is 1. The van der Waals surface area contributed by atoms with Crippen LogP contribution in [0.5, 0.6) is 0 Å². The molecule has 1 aliphatic rings. The maximum Gasteiger partial charge on any atom is 0.252 e. The van der Waals surface area contributed by atoms with Crippen LogP contribution in [0.2, 0.25) is 0 Å². The van der Waals surface area contributed by atoms with Crippen LogP contribution in [-0.2, 0) is 0 Å². The van der Waals surface area contributed by atoms with Crippen molar-refractivity contribution in [3.8, 4) is 0 Å². The van der Waals surface area contributed by atoms with E-state index in [1.54, 1.807) is 6.20 Å². The fourth-order valence-corrected chi connectivity index (χ4v) is 2.02. The van der Waals surface area contributed by atoms with Crippen LogP contribution in [0.3, 0.4) is 0 Å². The third kappa shape index (κ3) is 2.95. The number of aryl methyl sites for hydroxylation is 1. The zero-order chi connectivity index (χ0) is 13.8. The van der Waals surface area contributed by atoms with Crippen LogP contribution < -0.4 is 5.32 Å². The van der Waals surface area contributed by atoms with E-state index in [1.807, 2.05) is 32.9 Å². The molecule has 19 heavy (non-hydrogen) atoms. The minimum atomic E-state index is 0.00306. The highest BCUT2D eigenvalue weighted by Crippen LogP contribution is 2.28. The molecule has 2 N–H and O–H groups in total. The highest BCUT2D eigenvalue weighted by molar-refractivity contribution is 6.06. The molecular formula is C15H21N3O. The summed E-state index contributed by atoms with van der Waals surface area (Å²) in [4.78, 5) is 12.0. The third-order valence-corrected chi connectivity index (χ3v) is 3.32. The Morgan fingerprint density at radius 3 is 2.84 bits per heavy atom. The van der Waals surface area contributed by atoms with Gasteiger partial charge in [-0.25, -0.2) is 0 Å². The van der Waals surface area contributed by atoms with Crippen LogP contribution in [0, 0.1) is 12.8 Å². The van der Waals surface area contributed by atoms with Crippen LogP contribution in [-0.4, -0.2) is 22.6 Å². The summed E-state index contributed by atoms with van der Waals surface area (Å²) in [6, 6.07) is 3.82. The van der Waals surface area contributed by atoms with Crippen LogP contribution in [0.4, 0.5) is 0 Å². The molecule has 0 bridgehead atoms. The van der Waals surface area contributed by atoms with Gasteiger partial charge in [0, 0.05) is 11.9 Å². The zero-order valence-corrected chi connectivity index (χ0v) is 11.8. The Labute approximate surface area is 113 Å². The summed E-state index contributed by atoms with van der Waals surface area (Å²) in [5.41, 5.74) is 2.76. The Balaban J connectivity index is 0.000000637. The molecular weight excluding hydrogens is 238 g/mol. The molecule has 0 atom stereocenters. The molecule has 1 aromatic carbocycles. The van der Waals surface area contributed by atoms with Crippen molar-refractivity contribution in [1.82, 2.24) is 15.5 Å². The second-order valence-electron chi connectivity index (χ2n) is 4.74. The molecule has 1 saturated carbocycles. The lowest BCUT2D eigenvalue weighted by Crippen LogP contribution is -2.25. The lowest BCUT2D eigenvalue weighted by molar-refractivity contribution is 0.0953. The SMILES string of the molecule is CC.Cc1ccc(C(=O)NCC2CC2)c2cn[nH]c12. The molecule has 0 saturated heterocycles. The first-order chi connectivity index (χ1) is 9.25. The van der Waals surface area contributed by atoms with Gasteiger partial charge in [0.1, 0.15) is 0 Å². The number of carbonyl (C=O) groups excluding carboxylic acids is 1. The topological polar surface area (TPSA) is 57.8 Å². The lowest BCUT2D eigenvalue weighted by atomic mass is 10.1. The van der Waals surface area contributed by atoms with E-state index in [1.165, 1.54) is 12.8 Å². The molecule has 3 rings (SSSR count). The number of hydrogen-bond acceptors (Lipinski definition) is 2. The van der Waals surface area contributed by atoms with Crippen molar-refractivity contribution in [1.29, 1.82) is 0 Å². The van der Waals surface area contributed by atoms with Gasteiger partial charge in [-0.05, 0) is 37.3 Å². The summed E-state index contributed by atoms with van der Waals surface area (Å²) in [6.07, 6.45) is 4.21. The van der Waals surface area contributed by atoms with Gasteiger partial charge in [-0.2, -0.15) is 5.10 Å². The van der Waals surface area contributed by atoms with Gasteiger partial charge in [-0.15, -0.1) is 0 Å². The normalized spacial score (nSPS) is 13.8. The fraction of sp³-hybridized carbons (Fsp3) is 0.467. The van der Waals surface area contributed by atoms with Crippen molar-refractivity contribution in [3.05, 3.63) is 29.5 Å². The number of aromatic amines is 1. The van der Waals surface area contributed by atoms with Crippen molar-refractivity contribution >= 4 is 16.8 Å². The van der Waals surface area contributed by atoms with Crippen molar-refractivity contribution in [2.75, 3.05) is 6.54 Å². The Bertz CT molecular complexity index is 570. The maximum absolute atomic E-state index is 12.0. The van der Waals surface area contributed by atoms with Gasteiger partial charge in [-0.1, -0.05) is 19.9 Å². The van der Waals surface area contributed by atoms with Crippen LogP contribution >= 0.6 is 0 Å². The standard InChI is InChI=1S/C13H15N3O.C2H6/c1-8-2-5-10(11-7-15-16-12(8)11)13(17)14-6-9-3-4-9;1-2/h2,5,7,9H,3-4,6H2,1H3,(H,14,17)(H,15,16);1-2H3. The highest BCUT2D eigenvalue weighted by atomic mass is 16.1. The summed E-state index contributed by atoms with van der Waals surface area (Å²) >= 11 is 0. The van der Waals surface area contributed by atoms with Gasteiger partial charge in [0.2, 0.25) is 0 Å². The maximum atomic E-state index is 12.0. The summed E-state index contributed by atoms with van der Waals surface area (Å²) < 4.78 is 0. The number of hydrogen-bond donors (Lipinski definition) is 2. The predicted octanol–water partition coefficient (Wildman–Crippen LogP) is 3.04.